The van der Waals surface area contributed by atoms with E-state index in [1.807, 2.05) is 0 Å². The van der Waals surface area contributed by atoms with E-state index in [1.165, 1.54) is 17.0 Å². The van der Waals surface area contributed by atoms with E-state index in [1.54, 1.807) is 0 Å². The third-order valence-electron chi connectivity index (χ3n) is 2.87. The van der Waals surface area contributed by atoms with E-state index in [2.05, 4.69) is 0 Å². The molecule has 1 aliphatic rings. The van der Waals surface area contributed by atoms with E-state index in [9.17, 15) is 13.6 Å². The topological polar surface area (TPSA) is 55.6 Å². The predicted molar refractivity (Wildman–Crippen MR) is 60.6 cm³/mol. The zero-order chi connectivity index (χ0) is 13.1. The Labute approximate surface area is 103 Å². The molecular formula is C12H14F2N2O2. The standard InChI is InChI=1S/C12H14F2N2O2/c13-10-3-1-2-8(12(10)14)5-16-6-9(4-15)18-7-11(16)17/h1-3,9H,4-7,15H2. The van der Waals surface area contributed by atoms with Crippen LogP contribution in [0, 0.1) is 11.6 Å². The Morgan fingerprint density at radius 2 is 2.22 bits per heavy atom. The molecule has 0 aliphatic carbocycles. The predicted octanol–water partition coefficient (Wildman–Crippen LogP) is 0.651. The molecule has 2 rings (SSSR count). The fraction of sp³-hybridized carbons (Fsp3) is 0.417. The SMILES string of the molecule is NCC1CN(Cc2cccc(F)c2F)C(=O)CO1. The van der Waals surface area contributed by atoms with Crippen molar-refractivity contribution >= 4 is 5.91 Å². The van der Waals surface area contributed by atoms with Crippen LogP contribution in [-0.2, 0) is 16.1 Å². The Bertz CT molecular complexity index is 454. The number of rotatable bonds is 3. The molecule has 6 heteroatoms. The highest BCUT2D eigenvalue weighted by molar-refractivity contribution is 5.78. The average molecular weight is 256 g/mol. The molecule has 4 nitrogen and oxygen atoms in total. The summed E-state index contributed by atoms with van der Waals surface area (Å²) in [6.07, 6.45) is -0.251. The summed E-state index contributed by atoms with van der Waals surface area (Å²) in [5, 5.41) is 0. The molecule has 0 radical (unpaired) electrons. The van der Waals surface area contributed by atoms with E-state index in [4.69, 9.17) is 10.5 Å². The van der Waals surface area contributed by atoms with Gasteiger partial charge in [-0.1, -0.05) is 12.1 Å². The van der Waals surface area contributed by atoms with Gasteiger partial charge in [-0.25, -0.2) is 8.78 Å². The number of carbonyl (C=O) groups is 1. The number of hydrogen-bond acceptors (Lipinski definition) is 3. The molecular weight excluding hydrogens is 242 g/mol. The number of ether oxygens (including phenoxy) is 1. The van der Waals surface area contributed by atoms with Crippen LogP contribution in [-0.4, -0.2) is 36.6 Å². The number of nitrogens with zero attached hydrogens (tertiary/aromatic N) is 1. The van der Waals surface area contributed by atoms with Crippen molar-refractivity contribution in [3.05, 3.63) is 35.4 Å². The van der Waals surface area contributed by atoms with Gasteiger partial charge in [-0.05, 0) is 6.07 Å². The molecule has 1 aliphatic heterocycles. The van der Waals surface area contributed by atoms with Gasteiger partial charge in [-0.3, -0.25) is 4.79 Å². The van der Waals surface area contributed by atoms with Gasteiger partial charge in [0, 0.05) is 25.2 Å². The van der Waals surface area contributed by atoms with E-state index >= 15 is 0 Å². The van der Waals surface area contributed by atoms with Crippen LogP contribution in [0.2, 0.25) is 0 Å². The van der Waals surface area contributed by atoms with Crippen molar-refractivity contribution in [2.45, 2.75) is 12.6 Å². The van der Waals surface area contributed by atoms with Crippen molar-refractivity contribution in [3.8, 4) is 0 Å². The van der Waals surface area contributed by atoms with E-state index in [0.717, 1.165) is 6.07 Å². The number of morpholine rings is 1. The maximum Gasteiger partial charge on any atom is 0.248 e. The van der Waals surface area contributed by atoms with Crippen molar-refractivity contribution < 1.29 is 18.3 Å². The van der Waals surface area contributed by atoms with Gasteiger partial charge >= 0.3 is 0 Å². The molecule has 2 N–H and O–H groups in total. The molecule has 0 bridgehead atoms. The van der Waals surface area contributed by atoms with Crippen molar-refractivity contribution in [1.82, 2.24) is 4.90 Å². The second-order valence-electron chi connectivity index (χ2n) is 4.16. The van der Waals surface area contributed by atoms with Crippen LogP contribution >= 0.6 is 0 Å². The van der Waals surface area contributed by atoms with Gasteiger partial charge in [0.2, 0.25) is 5.91 Å². The quantitative estimate of drug-likeness (QED) is 0.864. The molecule has 1 atom stereocenters. The molecule has 1 aromatic rings. The Morgan fingerprint density at radius 3 is 2.94 bits per heavy atom. The van der Waals surface area contributed by atoms with Crippen molar-refractivity contribution in [3.63, 3.8) is 0 Å². The summed E-state index contributed by atoms with van der Waals surface area (Å²) in [7, 11) is 0. The maximum absolute atomic E-state index is 13.5. The lowest BCUT2D eigenvalue weighted by Gasteiger charge is -2.32. The molecule has 1 unspecified atom stereocenters. The summed E-state index contributed by atoms with van der Waals surface area (Å²) in [6, 6.07) is 3.92. The number of amides is 1. The summed E-state index contributed by atoms with van der Waals surface area (Å²) in [6.45, 7) is 0.543. The van der Waals surface area contributed by atoms with Crippen molar-refractivity contribution in [1.29, 1.82) is 0 Å². The van der Waals surface area contributed by atoms with Crippen molar-refractivity contribution in [2.75, 3.05) is 19.7 Å². The molecule has 0 saturated carbocycles. The molecule has 1 aromatic carbocycles. The molecule has 18 heavy (non-hydrogen) atoms. The van der Waals surface area contributed by atoms with Gasteiger partial charge in [-0.2, -0.15) is 0 Å². The minimum atomic E-state index is -0.916. The monoisotopic (exact) mass is 256 g/mol. The van der Waals surface area contributed by atoms with Gasteiger partial charge in [0.05, 0.1) is 6.10 Å². The van der Waals surface area contributed by atoms with Gasteiger partial charge in [-0.15, -0.1) is 0 Å². The minimum Gasteiger partial charge on any atom is -0.365 e. The molecule has 0 spiro atoms. The zero-order valence-corrected chi connectivity index (χ0v) is 9.73. The van der Waals surface area contributed by atoms with Crippen LogP contribution in [0.5, 0.6) is 0 Å². The molecule has 98 valence electrons. The Hall–Kier alpha value is -1.53. The zero-order valence-electron chi connectivity index (χ0n) is 9.73. The lowest BCUT2D eigenvalue weighted by atomic mass is 10.1. The first kappa shape index (κ1) is 12.9. The summed E-state index contributed by atoms with van der Waals surface area (Å²) >= 11 is 0. The first-order valence-electron chi connectivity index (χ1n) is 5.64. The van der Waals surface area contributed by atoms with E-state index in [0.29, 0.717) is 6.54 Å². The summed E-state index contributed by atoms with van der Waals surface area (Å²) < 4.78 is 31.7. The summed E-state index contributed by atoms with van der Waals surface area (Å²) in [5.41, 5.74) is 5.61. The number of benzene rings is 1. The lowest BCUT2D eigenvalue weighted by molar-refractivity contribution is -0.149. The number of carbonyl (C=O) groups excluding carboxylic acids is 1. The largest absolute Gasteiger partial charge is 0.365 e. The maximum atomic E-state index is 13.5. The van der Waals surface area contributed by atoms with Gasteiger partial charge in [0.1, 0.15) is 6.61 Å². The Morgan fingerprint density at radius 1 is 1.44 bits per heavy atom. The molecule has 0 aromatic heterocycles. The summed E-state index contributed by atoms with van der Waals surface area (Å²) in [5.74, 6) is -2.08. The Kier molecular flexibility index (Phi) is 3.88. The first-order valence-corrected chi connectivity index (χ1v) is 5.64. The highest BCUT2D eigenvalue weighted by Crippen LogP contribution is 2.16. The van der Waals surface area contributed by atoms with Crippen LogP contribution in [0.3, 0.4) is 0 Å². The van der Waals surface area contributed by atoms with Crippen molar-refractivity contribution in [2.24, 2.45) is 5.73 Å². The molecule has 1 amide bonds. The van der Waals surface area contributed by atoms with Crippen LogP contribution in [0.4, 0.5) is 8.78 Å². The lowest BCUT2D eigenvalue weighted by Crippen LogP contribution is -2.48. The van der Waals surface area contributed by atoms with E-state index in [-0.39, 0.29) is 37.3 Å². The minimum absolute atomic E-state index is 0.0300. The molecule has 1 fully saturated rings. The number of hydrogen-bond donors (Lipinski definition) is 1. The smallest absolute Gasteiger partial charge is 0.248 e. The van der Waals surface area contributed by atoms with Crippen LogP contribution in [0.25, 0.3) is 0 Å². The highest BCUT2D eigenvalue weighted by atomic mass is 19.2. The van der Waals surface area contributed by atoms with Crippen LogP contribution in [0.1, 0.15) is 5.56 Å². The summed E-state index contributed by atoms with van der Waals surface area (Å²) in [4.78, 5) is 13.0. The Balaban J connectivity index is 2.12. The third kappa shape index (κ3) is 2.65. The second-order valence-corrected chi connectivity index (χ2v) is 4.16. The number of halogens is 2. The van der Waals surface area contributed by atoms with Crippen LogP contribution < -0.4 is 5.73 Å². The fourth-order valence-corrected chi connectivity index (χ4v) is 1.85. The van der Waals surface area contributed by atoms with Gasteiger partial charge in [0.15, 0.2) is 11.6 Å². The van der Waals surface area contributed by atoms with Gasteiger partial charge < -0.3 is 15.4 Å². The van der Waals surface area contributed by atoms with E-state index < -0.39 is 11.6 Å². The first-order chi connectivity index (χ1) is 8.61. The molecule has 1 heterocycles. The highest BCUT2D eigenvalue weighted by Gasteiger charge is 2.26. The van der Waals surface area contributed by atoms with Crippen LogP contribution in [0.15, 0.2) is 18.2 Å². The number of nitrogens with two attached hydrogens (primary N) is 1. The second kappa shape index (κ2) is 5.41. The normalized spacial score (nSPS) is 20.3. The third-order valence-corrected chi connectivity index (χ3v) is 2.87. The molecule has 1 saturated heterocycles. The van der Waals surface area contributed by atoms with Gasteiger partial charge in [0.25, 0.3) is 0 Å². The fourth-order valence-electron chi connectivity index (χ4n) is 1.85. The average Bonchev–Trinajstić information content (AvgIpc) is 2.37.